The maximum absolute atomic E-state index is 5.55. The lowest BCUT2D eigenvalue weighted by Crippen LogP contribution is -2.39. The zero-order chi connectivity index (χ0) is 7.40. The molecule has 1 rings (SSSR count). The van der Waals surface area contributed by atoms with Crippen molar-refractivity contribution < 1.29 is 4.74 Å². The molecule has 10 heavy (non-hydrogen) atoms. The molecule has 0 aromatic carbocycles. The van der Waals surface area contributed by atoms with Crippen molar-refractivity contribution in [3.05, 3.63) is 0 Å². The summed E-state index contributed by atoms with van der Waals surface area (Å²) in [5, 5.41) is 0. The Balaban J connectivity index is 2.18. The van der Waals surface area contributed by atoms with E-state index in [1.807, 2.05) is 0 Å². The van der Waals surface area contributed by atoms with E-state index in [1.165, 1.54) is 12.8 Å². The smallest absolute Gasteiger partial charge is 0.0702 e. The van der Waals surface area contributed by atoms with Gasteiger partial charge >= 0.3 is 0 Å². The van der Waals surface area contributed by atoms with Crippen LogP contribution in [0.25, 0.3) is 0 Å². The Labute approximate surface area is 63.2 Å². The van der Waals surface area contributed by atoms with Crippen LogP contribution in [-0.2, 0) is 4.74 Å². The van der Waals surface area contributed by atoms with E-state index in [-0.39, 0.29) is 0 Å². The highest BCUT2D eigenvalue weighted by molar-refractivity contribution is 4.67. The molecule has 0 saturated carbocycles. The molecule has 0 spiro atoms. The second kappa shape index (κ2) is 3.94. The molecule has 0 aromatic rings. The van der Waals surface area contributed by atoms with Crippen LogP contribution in [0.3, 0.4) is 0 Å². The monoisotopic (exact) mass is 143 g/mol. The van der Waals surface area contributed by atoms with Gasteiger partial charge in [-0.25, -0.2) is 0 Å². The average molecular weight is 143 g/mol. The van der Waals surface area contributed by atoms with Gasteiger partial charge in [-0.3, -0.25) is 0 Å². The van der Waals surface area contributed by atoms with Crippen LogP contribution in [0.2, 0.25) is 0 Å². The average Bonchev–Trinajstić information content (AvgIpc) is 1.88. The topological polar surface area (TPSA) is 12.5 Å². The van der Waals surface area contributed by atoms with E-state index in [4.69, 9.17) is 4.74 Å². The number of likely N-dealkylation sites (N-methyl/N-ethyl adjacent to an activating group) is 1. The van der Waals surface area contributed by atoms with Crippen LogP contribution >= 0.6 is 0 Å². The predicted octanol–water partition coefficient (Wildman–Crippen LogP) is 1.12. The van der Waals surface area contributed by atoms with Gasteiger partial charge in [-0.2, -0.15) is 0 Å². The number of nitrogens with zero attached hydrogens (tertiary/aromatic N) is 1. The molecule has 2 nitrogen and oxygen atoms in total. The Kier molecular flexibility index (Phi) is 3.16. The van der Waals surface area contributed by atoms with E-state index >= 15 is 0 Å². The largest absolute Gasteiger partial charge is 0.376 e. The molecule has 0 N–H and O–H groups in total. The molecule has 0 amide bonds. The highest BCUT2D eigenvalue weighted by Crippen LogP contribution is 2.07. The third-order valence-corrected chi connectivity index (χ3v) is 1.95. The summed E-state index contributed by atoms with van der Waals surface area (Å²) in [6.07, 6.45) is 2.95. The van der Waals surface area contributed by atoms with E-state index in [9.17, 15) is 0 Å². The number of morpholine rings is 1. The van der Waals surface area contributed by atoms with Gasteiger partial charge in [0.25, 0.3) is 0 Å². The molecule has 2 heteroatoms. The summed E-state index contributed by atoms with van der Waals surface area (Å²) in [6, 6.07) is 0. The SMILES string of the molecule is CCC[C@H]1CN(C)CCO1. The first-order valence-corrected chi connectivity index (χ1v) is 4.13. The molecule has 1 fully saturated rings. The zero-order valence-corrected chi connectivity index (χ0v) is 6.97. The number of ether oxygens (including phenoxy) is 1. The van der Waals surface area contributed by atoms with Crippen molar-refractivity contribution in [1.29, 1.82) is 0 Å². The Morgan fingerprint density at radius 3 is 3.00 bits per heavy atom. The predicted molar refractivity (Wildman–Crippen MR) is 42.1 cm³/mol. The summed E-state index contributed by atoms with van der Waals surface area (Å²) < 4.78 is 5.55. The second-order valence-electron chi connectivity index (χ2n) is 3.04. The van der Waals surface area contributed by atoms with E-state index < -0.39 is 0 Å². The number of hydrogen-bond acceptors (Lipinski definition) is 2. The second-order valence-corrected chi connectivity index (χ2v) is 3.04. The first kappa shape index (κ1) is 8.02. The quantitative estimate of drug-likeness (QED) is 0.574. The van der Waals surface area contributed by atoms with E-state index in [0.717, 1.165) is 19.7 Å². The van der Waals surface area contributed by atoms with Crippen LogP contribution in [0.5, 0.6) is 0 Å². The van der Waals surface area contributed by atoms with Gasteiger partial charge in [0.2, 0.25) is 0 Å². The van der Waals surface area contributed by atoms with Crippen molar-refractivity contribution in [3.8, 4) is 0 Å². The van der Waals surface area contributed by atoms with Crippen LogP contribution in [0.15, 0.2) is 0 Å². The van der Waals surface area contributed by atoms with Crippen LogP contribution in [0.4, 0.5) is 0 Å². The van der Waals surface area contributed by atoms with Gasteiger partial charge in [-0.1, -0.05) is 13.3 Å². The number of hydrogen-bond donors (Lipinski definition) is 0. The summed E-state index contributed by atoms with van der Waals surface area (Å²) in [4.78, 5) is 2.34. The lowest BCUT2D eigenvalue weighted by molar-refractivity contribution is -0.0234. The molecule has 1 saturated heterocycles. The van der Waals surface area contributed by atoms with Crippen molar-refractivity contribution in [1.82, 2.24) is 4.90 Å². The van der Waals surface area contributed by atoms with Gasteiger partial charge in [0.1, 0.15) is 0 Å². The van der Waals surface area contributed by atoms with Crippen molar-refractivity contribution in [3.63, 3.8) is 0 Å². The van der Waals surface area contributed by atoms with Crippen molar-refractivity contribution >= 4 is 0 Å². The third kappa shape index (κ3) is 2.27. The molecule has 1 atom stereocenters. The highest BCUT2D eigenvalue weighted by Gasteiger charge is 2.15. The molecule has 60 valence electrons. The van der Waals surface area contributed by atoms with Crippen LogP contribution in [-0.4, -0.2) is 37.7 Å². The summed E-state index contributed by atoms with van der Waals surface area (Å²) in [5.41, 5.74) is 0. The molecular formula is C8H17NO. The molecule has 1 aliphatic rings. The van der Waals surface area contributed by atoms with Gasteiger partial charge in [0.15, 0.2) is 0 Å². The van der Waals surface area contributed by atoms with Crippen molar-refractivity contribution in [2.75, 3.05) is 26.7 Å². The minimum absolute atomic E-state index is 0.503. The Morgan fingerprint density at radius 1 is 1.60 bits per heavy atom. The van der Waals surface area contributed by atoms with E-state index in [1.54, 1.807) is 0 Å². The third-order valence-electron chi connectivity index (χ3n) is 1.95. The molecule has 0 bridgehead atoms. The maximum atomic E-state index is 5.55. The fourth-order valence-corrected chi connectivity index (χ4v) is 1.36. The van der Waals surface area contributed by atoms with Crippen molar-refractivity contribution in [2.45, 2.75) is 25.9 Å². The molecule has 1 aliphatic heterocycles. The fourth-order valence-electron chi connectivity index (χ4n) is 1.36. The first-order chi connectivity index (χ1) is 4.83. The van der Waals surface area contributed by atoms with E-state index in [0.29, 0.717) is 6.10 Å². The maximum Gasteiger partial charge on any atom is 0.0702 e. The summed E-state index contributed by atoms with van der Waals surface area (Å²) >= 11 is 0. The van der Waals surface area contributed by atoms with Crippen molar-refractivity contribution in [2.24, 2.45) is 0 Å². The van der Waals surface area contributed by atoms with E-state index in [2.05, 4.69) is 18.9 Å². The standard InChI is InChI=1S/C8H17NO/c1-3-4-8-7-9(2)5-6-10-8/h8H,3-7H2,1-2H3/t8-/m0/s1. The van der Waals surface area contributed by atoms with Gasteiger partial charge in [-0.15, -0.1) is 0 Å². The van der Waals surface area contributed by atoms with Gasteiger partial charge in [0, 0.05) is 13.1 Å². The van der Waals surface area contributed by atoms with Crippen LogP contribution in [0.1, 0.15) is 19.8 Å². The Morgan fingerprint density at radius 2 is 2.40 bits per heavy atom. The lowest BCUT2D eigenvalue weighted by atomic mass is 10.2. The first-order valence-electron chi connectivity index (χ1n) is 4.13. The zero-order valence-electron chi connectivity index (χ0n) is 6.97. The minimum atomic E-state index is 0.503. The van der Waals surface area contributed by atoms with Crippen LogP contribution in [0, 0.1) is 0 Å². The Hall–Kier alpha value is -0.0800. The molecule has 0 radical (unpaired) electrons. The minimum Gasteiger partial charge on any atom is -0.376 e. The summed E-state index contributed by atoms with van der Waals surface area (Å²) in [7, 11) is 2.16. The number of rotatable bonds is 2. The lowest BCUT2D eigenvalue weighted by Gasteiger charge is -2.29. The summed E-state index contributed by atoms with van der Waals surface area (Å²) in [6.45, 7) is 5.34. The highest BCUT2D eigenvalue weighted by atomic mass is 16.5. The molecular weight excluding hydrogens is 126 g/mol. The fraction of sp³-hybridized carbons (Fsp3) is 1.00. The molecule has 0 aromatic heterocycles. The molecule has 1 heterocycles. The molecule has 0 aliphatic carbocycles. The Bertz CT molecular complexity index is 93.3. The van der Waals surface area contributed by atoms with Gasteiger partial charge in [-0.05, 0) is 13.5 Å². The van der Waals surface area contributed by atoms with Crippen LogP contribution < -0.4 is 0 Å². The molecule has 0 unspecified atom stereocenters. The normalized spacial score (nSPS) is 28.8. The van der Waals surface area contributed by atoms with Gasteiger partial charge in [0.05, 0.1) is 12.7 Å². The summed E-state index contributed by atoms with van der Waals surface area (Å²) in [5.74, 6) is 0. The van der Waals surface area contributed by atoms with Gasteiger partial charge < -0.3 is 9.64 Å².